The van der Waals surface area contributed by atoms with Gasteiger partial charge in [-0.3, -0.25) is 19.6 Å². The Kier molecular flexibility index (Phi) is 8.36. The van der Waals surface area contributed by atoms with Gasteiger partial charge in [-0.05, 0) is 75.2 Å². The van der Waals surface area contributed by atoms with Crippen molar-refractivity contribution in [2.75, 3.05) is 36.0 Å². The van der Waals surface area contributed by atoms with Crippen LogP contribution in [0, 0.1) is 11.6 Å². The van der Waals surface area contributed by atoms with E-state index in [0.717, 1.165) is 18.2 Å². The minimum atomic E-state index is -1.13. The number of anilines is 2. The minimum Gasteiger partial charge on any atom is -0.444 e. The third kappa shape index (κ3) is 6.80. The maximum absolute atomic E-state index is 14.6. The number of hydrogen-bond acceptors (Lipinski definition) is 8. The van der Waals surface area contributed by atoms with E-state index in [0.29, 0.717) is 35.2 Å². The summed E-state index contributed by atoms with van der Waals surface area (Å²) in [5, 5.41) is 4.69. The molecule has 2 atom stereocenters. The van der Waals surface area contributed by atoms with Gasteiger partial charge in [0.25, 0.3) is 0 Å². The van der Waals surface area contributed by atoms with Crippen LogP contribution in [0.5, 0.6) is 0 Å². The molecule has 240 valence electrons. The first-order valence-electron chi connectivity index (χ1n) is 14.9. The maximum atomic E-state index is 14.6. The number of aromatic nitrogens is 5. The molecule has 0 unspecified atom stereocenters. The molecule has 2 aliphatic rings. The van der Waals surface area contributed by atoms with Crippen molar-refractivity contribution in [1.29, 1.82) is 0 Å². The molecule has 0 N–H and O–H groups in total. The first kappa shape index (κ1) is 31.0. The monoisotopic (exact) mass is 634 g/mol. The number of halogens is 3. The number of nitrogens with zero attached hydrogens (tertiary/aromatic N) is 8. The van der Waals surface area contributed by atoms with E-state index >= 15 is 0 Å². The summed E-state index contributed by atoms with van der Waals surface area (Å²) in [4.78, 5) is 42.9. The largest absolute Gasteiger partial charge is 0.444 e. The number of carbonyl (C=O) groups is 2. The molecular formula is C32H33F3N8O3. The Morgan fingerprint density at radius 3 is 2.59 bits per heavy atom. The number of imidazole rings is 1. The Labute approximate surface area is 263 Å². The molecule has 2 saturated heterocycles. The van der Waals surface area contributed by atoms with E-state index in [4.69, 9.17) is 9.84 Å². The second-order valence-corrected chi connectivity index (χ2v) is 12.3. The van der Waals surface area contributed by atoms with Crippen LogP contribution in [0.4, 0.5) is 29.6 Å². The fourth-order valence-electron chi connectivity index (χ4n) is 5.56. The summed E-state index contributed by atoms with van der Waals surface area (Å²) < 4.78 is 49.7. The number of fused-ring (bicyclic) bond motifs is 1. The van der Waals surface area contributed by atoms with Gasteiger partial charge in [0, 0.05) is 25.6 Å². The molecule has 0 bridgehead atoms. The van der Waals surface area contributed by atoms with E-state index < -0.39 is 35.5 Å². The van der Waals surface area contributed by atoms with E-state index in [1.54, 1.807) is 60.7 Å². The molecule has 11 nitrogen and oxygen atoms in total. The number of carbonyl (C=O) groups excluding carboxylic acids is 2. The predicted molar refractivity (Wildman–Crippen MR) is 165 cm³/mol. The fourth-order valence-corrected chi connectivity index (χ4v) is 5.56. The Morgan fingerprint density at radius 1 is 1.02 bits per heavy atom. The summed E-state index contributed by atoms with van der Waals surface area (Å²) in [7, 11) is 0. The van der Waals surface area contributed by atoms with E-state index in [1.807, 2.05) is 0 Å². The summed E-state index contributed by atoms with van der Waals surface area (Å²) >= 11 is 0. The normalized spacial score (nSPS) is 19.1. The molecule has 0 saturated carbocycles. The van der Waals surface area contributed by atoms with Crippen molar-refractivity contribution in [3.8, 4) is 0 Å². The Balaban J connectivity index is 1.14. The van der Waals surface area contributed by atoms with Crippen molar-refractivity contribution in [3.63, 3.8) is 0 Å². The van der Waals surface area contributed by atoms with Gasteiger partial charge in [0.1, 0.15) is 35.8 Å². The average Bonchev–Trinajstić information content (AvgIpc) is 3.59. The predicted octanol–water partition coefficient (Wildman–Crippen LogP) is 4.71. The van der Waals surface area contributed by atoms with Crippen LogP contribution in [0.1, 0.15) is 44.1 Å². The number of rotatable bonds is 6. The highest BCUT2D eigenvalue weighted by molar-refractivity contribution is 5.96. The number of hydrogen-bond donors (Lipinski definition) is 0. The summed E-state index contributed by atoms with van der Waals surface area (Å²) in [6, 6.07) is 6.39. The lowest BCUT2D eigenvalue weighted by atomic mass is 10.0. The van der Waals surface area contributed by atoms with Gasteiger partial charge < -0.3 is 9.64 Å². The average molecular weight is 635 g/mol. The molecule has 4 aromatic rings. The summed E-state index contributed by atoms with van der Waals surface area (Å²) in [6.07, 6.45) is 6.78. The highest BCUT2D eigenvalue weighted by Gasteiger charge is 2.34. The number of benzene rings is 1. The number of amides is 2. The van der Waals surface area contributed by atoms with Crippen LogP contribution in [0.3, 0.4) is 0 Å². The van der Waals surface area contributed by atoms with Crippen molar-refractivity contribution in [3.05, 3.63) is 77.5 Å². The molecule has 2 fully saturated rings. The Bertz CT molecular complexity index is 1790. The zero-order valence-corrected chi connectivity index (χ0v) is 25.6. The first-order chi connectivity index (χ1) is 21.9. The van der Waals surface area contributed by atoms with Crippen LogP contribution in [-0.4, -0.2) is 85.5 Å². The molecule has 2 amide bonds. The van der Waals surface area contributed by atoms with Crippen molar-refractivity contribution in [1.82, 2.24) is 29.5 Å². The molecule has 0 radical (unpaired) electrons. The topological polar surface area (TPSA) is 109 Å². The van der Waals surface area contributed by atoms with Gasteiger partial charge in [-0.15, -0.1) is 5.10 Å². The van der Waals surface area contributed by atoms with Crippen LogP contribution in [-0.2, 0) is 16.0 Å². The molecule has 14 heteroatoms. The zero-order chi connectivity index (χ0) is 32.6. The summed E-state index contributed by atoms with van der Waals surface area (Å²) in [5.74, 6) is -0.502. The van der Waals surface area contributed by atoms with Crippen LogP contribution in [0.15, 0.2) is 48.9 Å². The summed E-state index contributed by atoms with van der Waals surface area (Å²) in [6.45, 7) is 5.84. The molecule has 2 aliphatic heterocycles. The molecule has 46 heavy (non-hydrogen) atoms. The van der Waals surface area contributed by atoms with Crippen molar-refractivity contribution in [2.45, 2.75) is 51.4 Å². The molecule has 6 rings (SSSR count). The van der Waals surface area contributed by atoms with Crippen LogP contribution in [0.25, 0.3) is 17.8 Å². The van der Waals surface area contributed by atoms with Gasteiger partial charge in [0.05, 0.1) is 36.5 Å². The minimum absolute atomic E-state index is 0.0838. The molecular weight excluding hydrogens is 601 g/mol. The maximum Gasteiger partial charge on any atom is 0.410 e. The molecule has 3 aromatic heterocycles. The number of ether oxygens (including phenoxy) is 1. The SMILES string of the molecule is CC(C)(C)OC(=O)N1CCN(c2cnc(/C=C/c3cnc4ccc(N5C[C@@H](F)C[C@@H]5Cc5cc(F)ccc5F)nn34)cn2)C(=O)C1. The second-order valence-electron chi connectivity index (χ2n) is 12.3. The fraction of sp³-hybridized carbons (Fsp3) is 0.375. The number of alkyl halides is 1. The van der Waals surface area contributed by atoms with Crippen LogP contribution >= 0.6 is 0 Å². The Hall–Kier alpha value is -5.01. The third-order valence-corrected chi connectivity index (χ3v) is 7.73. The standard InChI is InChI=1S/C32H33F3N8O3/c1-32(2,3)46-31(45)40-10-11-41(30(44)19-40)29-17-36-23(15-37-29)5-6-24-16-38-27-8-9-28(39-43(24)27)42-18-22(34)14-25(42)13-20-12-21(33)4-7-26(20)35/h4-9,12,15-17,22,25H,10-11,13-14,18-19H2,1-3H3/b6-5+/t22-,25-/m0/s1. The highest BCUT2D eigenvalue weighted by atomic mass is 19.1. The van der Waals surface area contributed by atoms with Gasteiger partial charge in [0.2, 0.25) is 5.91 Å². The molecule has 1 aromatic carbocycles. The van der Waals surface area contributed by atoms with Crippen molar-refractivity contribution in [2.24, 2.45) is 0 Å². The number of piperazine rings is 1. The first-order valence-corrected chi connectivity index (χ1v) is 14.9. The third-order valence-electron chi connectivity index (χ3n) is 7.73. The zero-order valence-electron chi connectivity index (χ0n) is 25.6. The molecule has 0 spiro atoms. The lowest BCUT2D eigenvalue weighted by Gasteiger charge is -2.34. The van der Waals surface area contributed by atoms with Gasteiger partial charge in [-0.25, -0.2) is 32.4 Å². The summed E-state index contributed by atoms with van der Waals surface area (Å²) in [5.41, 5.74) is 1.25. The van der Waals surface area contributed by atoms with Crippen LogP contribution in [0.2, 0.25) is 0 Å². The van der Waals surface area contributed by atoms with E-state index in [1.165, 1.54) is 22.2 Å². The van der Waals surface area contributed by atoms with Crippen LogP contribution < -0.4 is 9.80 Å². The molecule has 0 aliphatic carbocycles. The lowest BCUT2D eigenvalue weighted by Crippen LogP contribution is -2.53. The Morgan fingerprint density at radius 2 is 1.85 bits per heavy atom. The van der Waals surface area contributed by atoms with Crippen molar-refractivity contribution < 1.29 is 27.5 Å². The van der Waals surface area contributed by atoms with E-state index in [9.17, 15) is 22.8 Å². The van der Waals surface area contributed by atoms with Gasteiger partial charge in [-0.1, -0.05) is 0 Å². The van der Waals surface area contributed by atoms with E-state index in [-0.39, 0.29) is 43.9 Å². The van der Waals surface area contributed by atoms with E-state index in [2.05, 4.69) is 15.0 Å². The quantitative estimate of drug-likeness (QED) is 0.300. The second kappa shape index (κ2) is 12.4. The van der Waals surface area contributed by atoms with Crippen molar-refractivity contribution >= 4 is 41.4 Å². The van der Waals surface area contributed by atoms with Gasteiger partial charge in [-0.2, -0.15) is 0 Å². The lowest BCUT2D eigenvalue weighted by molar-refractivity contribution is -0.121. The highest BCUT2D eigenvalue weighted by Crippen LogP contribution is 2.29. The molecule has 5 heterocycles. The van der Waals surface area contributed by atoms with Gasteiger partial charge >= 0.3 is 6.09 Å². The van der Waals surface area contributed by atoms with Gasteiger partial charge in [0.15, 0.2) is 11.5 Å². The smallest absolute Gasteiger partial charge is 0.410 e.